The van der Waals surface area contributed by atoms with Crippen molar-refractivity contribution in [3.8, 4) is 0 Å². The lowest BCUT2D eigenvalue weighted by molar-refractivity contribution is -0.220. The Morgan fingerprint density at radius 3 is 2.46 bits per heavy atom. The second-order valence-corrected chi connectivity index (χ2v) is 10.6. The average Bonchev–Trinajstić information content (AvgIpc) is 2.86. The minimum Gasteiger partial charge on any atom is -0.393 e. The topological polar surface area (TPSA) is 80.9 Å². The molecule has 4 rings (SSSR count). The zero-order chi connectivity index (χ0) is 18.9. The predicted molar refractivity (Wildman–Crippen MR) is 100 cm³/mol. The molecular formula is C22H38O4. The van der Waals surface area contributed by atoms with E-state index >= 15 is 0 Å². The molecule has 0 unspecified atom stereocenters. The highest BCUT2D eigenvalue weighted by molar-refractivity contribution is 5.17. The zero-order valence-corrected chi connectivity index (χ0v) is 16.7. The summed E-state index contributed by atoms with van der Waals surface area (Å²) in [5.74, 6) is 1.59. The Morgan fingerprint density at radius 1 is 1.04 bits per heavy atom. The normalized spacial score (nSPS) is 57.8. The Morgan fingerprint density at radius 2 is 1.77 bits per heavy atom. The van der Waals surface area contributed by atoms with Crippen LogP contribution in [0.4, 0.5) is 0 Å². The number of hydrogen-bond donors (Lipinski definition) is 4. The first-order valence-corrected chi connectivity index (χ1v) is 10.9. The first-order chi connectivity index (χ1) is 12.2. The minimum absolute atomic E-state index is 0.104. The molecule has 4 N–H and O–H groups in total. The van der Waals surface area contributed by atoms with Crippen molar-refractivity contribution in [1.29, 1.82) is 0 Å². The molecule has 0 amide bonds. The molecule has 0 aromatic rings. The summed E-state index contributed by atoms with van der Waals surface area (Å²) in [6.45, 7) is 6.41. The molecule has 4 aliphatic carbocycles. The van der Waals surface area contributed by atoms with Gasteiger partial charge in [-0.3, -0.25) is 0 Å². The van der Waals surface area contributed by atoms with Gasteiger partial charge in [-0.05, 0) is 86.9 Å². The van der Waals surface area contributed by atoms with Crippen LogP contribution in [0.15, 0.2) is 0 Å². The van der Waals surface area contributed by atoms with Gasteiger partial charge in [-0.2, -0.15) is 0 Å². The molecule has 26 heavy (non-hydrogen) atoms. The van der Waals surface area contributed by atoms with Crippen LogP contribution in [0.1, 0.15) is 78.6 Å². The van der Waals surface area contributed by atoms with E-state index in [-0.39, 0.29) is 17.4 Å². The monoisotopic (exact) mass is 366 g/mol. The van der Waals surface area contributed by atoms with Crippen molar-refractivity contribution in [2.45, 2.75) is 102 Å². The van der Waals surface area contributed by atoms with E-state index in [1.807, 2.05) is 6.92 Å². The molecule has 4 aliphatic rings. The van der Waals surface area contributed by atoms with Crippen LogP contribution in [-0.2, 0) is 0 Å². The quantitative estimate of drug-likeness (QED) is 0.606. The van der Waals surface area contributed by atoms with Gasteiger partial charge in [-0.1, -0.05) is 20.8 Å². The van der Waals surface area contributed by atoms with E-state index in [0.717, 1.165) is 38.5 Å². The Kier molecular flexibility index (Phi) is 4.55. The first kappa shape index (κ1) is 19.2. The van der Waals surface area contributed by atoms with Gasteiger partial charge in [0.05, 0.1) is 23.9 Å². The molecular weight excluding hydrogens is 328 g/mol. The summed E-state index contributed by atoms with van der Waals surface area (Å²) in [5.41, 5.74) is -1.37. The zero-order valence-electron chi connectivity index (χ0n) is 16.7. The van der Waals surface area contributed by atoms with Gasteiger partial charge in [0.15, 0.2) is 0 Å². The van der Waals surface area contributed by atoms with Crippen LogP contribution < -0.4 is 0 Å². The van der Waals surface area contributed by atoms with E-state index in [4.69, 9.17) is 0 Å². The number of aliphatic hydroxyl groups excluding tert-OH is 3. The molecule has 4 saturated carbocycles. The average molecular weight is 367 g/mol. The smallest absolute Gasteiger partial charge is 0.0962 e. The van der Waals surface area contributed by atoms with Crippen molar-refractivity contribution in [2.75, 3.05) is 0 Å². The van der Waals surface area contributed by atoms with E-state index in [9.17, 15) is 20.4 Å². The highest BCUT2D eigenvalue weighted by Gasteiger charge is 2.68. The van der Waals surface area contributed by atoms with Crippen molar-refractivity contribution in [3.63, 3.8) is 0 Å². The molecule has 0 aliphatic heterocycles. The van der Waals surface area contributed by atoms with E-state index in [0.29, 0.717) is 37.0 Å². The maximum atomic E-state index is 11.5. The molecule has 4 fully saturated rings. The summed E-state index contributed by atoms with van der Waals surface area (Å²) in [7, 11) is 0. The lowest BCUT2D eigenvalue weighted by atomic mass is 9.43. The molecule has 0 heterocycles. The summed E-state index contributed by atoms with van der Waals surface area (Å²) in [4.78, 5) is 0. The lowest BCUT2D eigenvalue weighted by Gasteiger charge is -2.63. The first-order valence-electron chi connectivity index (χ1n) is 10.9. The summed E-state index contributed by atoms with van der Waals surface area (Å²) in [6, 6.07) is 0. The third-order valence-electron chi connectivity index (χ3n) is 9.72. The van der Waals surface area contributed by atoms with Crippen molar-refractivity contribution >= 4 is 0 Å². The van der Waals surface area contributed by atoms with Crippen LogP contribution >= 0.6 is 0 Å². The van der Waals surface area contributed by atoms with Gasteiger partial charge in [0.1, 0.15) is 0 Å². The second kappa shape index (κ2) is 6.17. The van der Waals surface area contributed by atoms with Crippen molar-refractivity contribution in [2.24, 2.45) is 34.5 Å². The van der Waals surface area contributed by atoms with Crippen LogP contribution in [0, 0.1) is 34.5 Å². The third kappa shape index (κ3) is 2.34. The predicted octanol–water partition coefficient (Wildman–Crippen LogP) is 2.86. The molecule has 10 atom stereocenters. The van der Waals surface area contributed by atoms with Gasteiger partial charge in [0, 0.05) is 5.41 Å². The molecule has 150 valence electrons. The number of rotatable bonds is 2. The largest absolute Gasteiger partial charge is 0.393 e. The van der Waals surface area contributed by atoms with Gasteiger partial charge in [0.2, 0.25) is 0 Å². The summed E-state index contributed by atoms with van der Waals surface area (Å²) >= 11 is 0. The van der Waals surface area contributed by atoms with Crippen LogP contribution in [0.5, 0.6) is 0 Å². The van der Waals surface area contributed by atoms with Gasteiger partial charge in [-0.15, -0.1) is 0 Å². The van der Waals surface area contributed by atoms with E-state index in [2.05, 4.69) is 13.8 Å². The molecule has 4 nitrogen and oxygen atoms in total. The second-order valence-electron chi connectivity index (χ2n) is 10.6. The fourth-order valence-corrected chi connectivity index (χ4v) is 8.28. The maximum absolute atomic E-state index is 11.5. The van der Waals surface area contributed by atoms with Gasteiger partial charge in [0.25, 0.3) is 0 Å². The number of aliphatic hydroxyl groups is 4. The number of hydrogen-bond acceptors (Lipinski definition) is 4. The molecule has 0 bridgehead atoms. The maximum Gasteiger partial charge on any atom is 0.0962 e. The lowest BCUT2D eigenvalue weighted by Crippen LogP contribution is -2.63. The Hall–Kier alpha value is -0.160. The molecule has 0 aromatic heterocycles. The Labute approximate surface area is 158 Å². The fraction of sp³-hybridized carbons (Fsp3) is 1.00. The molecule has 0 spiro atoms. The standard InChI is InChI=1S/C22H38O4/c1-4-18(25)22(26)10-8-16-15-6-5-13-11-14(23)7-9-20(13,2)19(15)17(24)12-21(16,22)3/h13-19,23-26H,4-12H2,1-3H3/t13-,14-,15+,16+,17+,18-,19-,20+,21+,22+/m1/s1. The molecule has 4 heteroatoms. The minimum atomic E-state index is -1.07. The van der Waals surface area contributed by atoms with Crippen molar-refractivity contribution in [1.82, 2.24) is 0 Å². The van der Waals surface area contributed by atoms with Crippen molar-refractivity contribution in [3.05, 3.63) is 0 Å². The highest BCUT2D eigenvalue weighted by Crippen LogP contribution is 2.68. The number of fused-ring (bicyclic) bond motifs is 5. The molecule has 0 radical (unpaired) electrons. The van der Waals surface area contributed by atoms with Crippen molar-refractivity contribution < 1.29 is 20.4 Å². The van der Waals surface area contributed by atoms with Crippen LogP contribution in [0.25, 0.3) is 0 Å². The van der Waals surface area contributed by atoms with Crippen LogP contribution in [-0.4, -0.2) is 44.3 Å². The Bertz CT molecular complexity index is 552. The molecule has 0 saturated heterocycles. The summed E-state index contributed by atoms with van der Waals surface area (Å²) in [5, 5.41) is 43.5. The molecule has 0 aromatic carbocycles. The fourth-order valence-electron chi connectivity index (χ4n) is 8.28. The van der Waals surface area contributed by atoms with Gasteiger partial charge in [-0.25, -0.2) is 0 Å². The Balaban J connectivity index is 1.68. The van der Waals surface area contributed by atoms with E-state index in [1.54, 1.807) is 0 Å². The van der Waals surface area contributed by atoms with Crippen LogP contribution in [0.2, 0.25) is 0 Å². The van der Waals surface area contributed by atoms with Gasteiger partial charge < -0.3 is 20.4 Å². The van der Waals surface area contributed by atoms with Gasteiger partial charge >= 0.3 is 0 Å². The highest BCUT2D eigenvalue weighted by atomic mass is 16.3. The van der Waals surface area contributed by atoms with E-state index in [1.165, 1.54) is 0 Å². The summed E-state index contributed by atoms with van der Waals surface area (Å²) in [6.07, 6.45) is 6.41. The van der Waals surface area contributed by atoms with E-state index < -0.39 is 23.2 Å². The summed E-state index contributed by atoms with van der Waals surface area (Å²) < 4.78 is 0. The SMILES string of the molecule is CC[C@@H](O)[C@@]1(O)CC[C@H]2[C@@H]3CC[C@@H]4C[C@H](O)CC[C@]4(C)[C@H]3[C@@H](O)C[C@@]21C. The third-order valence-corrected chi connectivity index (χ3v) is 9.72. The van der Waals surface area contributed by atoms with Crippen LogP contribution in [0.3, 0.4) is 0 Å².